The SMILES string of the molecule is c1cc(-c2ccc3ccccc3c2)cc(N(c2ccc(-c3cccc(-n4c5ccccc5c5ccccc54)c3)cc2)c2cccc3c2sc2c4ccccc4ccc32)c1. The minimum absolute atomic E-state index is 1.11. The molecule has 0 aliphatic rings. The standard InChI is InChI=1S/C56H36N2S/c1-2-14-40-34-43(27-26-37(40)12-1)42-16-10-17-45(36-42)57(54-25-11-22-50-51-33-30-39-13-3-4-19-47(39)55(51)59-56(50)54)44-31-28-38(29-32-44)41-15-9-18-46(35-41)58-52-23-7-5-20-48(52)49-21-6-8-24-53(49)58/h1-36H. The average Bonchev–Trinajstić information content (AvgIpc) is 3.86. The summed E-state index contributed by atoms with van der Waals surface area (Å²) in [6.07, 6.45) is 0. The van der Waals surface area contributed by atoms with Crippen LogP contribution in [0.2, 0.25) is 0 Å². The first kappa shape index (κ1) is 33.7. The summed E-state index contributed by atoms with van der Waals surface area (Å²) < 4.78 is 4.99. The molecule has 0 amide bonds. The van der Waals surface area contributed by atoms with Crippen LogP contribution in [-0.2, 0) is 0 Å². The van der Waals surface area contributed by atoms with E-state index in [0.29, 0.717) is 0 Å². The molecule has 0 saturated heterocycles. The fourth-order valence-electron chi connectivity index (χ4n) is 9.14. The van der Waals surface area contributed by atoms with Crippen molar-refractivity contribution in [1.82, 2.24) is 4.57 Å². The minimum Gasteiger partial charge on any atom is -0.309 e. The van der Waals surface area contributed by atoms with Crippen LogP contribution >= 0.6 is 11.3 Å². The van der Waals surface area contributed by atoms with Crippen LogP contribution in [-0.4, -0.2) is 4.57 Å². The van der Waals surface area contributed by atoms with Crippen molar-refractivity contribution in [2.45, 2.75) is 0 Å². The molecule has 0 aliphatic carbocycles. The molecule has 0 N–H and O–H groups in total. The van der Waals surface area contributed by atoms with Gasteiger partial charge in [0.25, 0.3) is 0 Å². The first-order valence-corrected chi connectivity index (χ1v) is 21.0. The quantitative estimate of drug-likeness (QED) is 0.164. The van der Waals surface area contributed by atoms with E-state index >= 15 is 0 Å². The smallest absolute Gasteiger partial charge is 0.0640 e. The average molecular weight is 769 g/mol. The van der Waals surface area contributed by atoms with Gasteiger partial charge in [0.1, 0.15) is 0 Å². The Labute approximate surface area is 346 Å². The van der Waals surface area contributed by atoms with Gasteiger partial charge in [0.2, 0.25) is 0 Å². The Hall–Kier alpha value is -7.46. The zero-order chi connectivity index (χ0) is 38.9. The molecule has 2 nitrogen and oxygen atoms in total. The summed E-state index contributed by atoms with van der Waals surface area (Å²) in [5.41, 5.74) is 11.7. The summed E-state index contributed by atoms with van der Waals surface area (Å²) in [4.78, 5) is 2.45. The molecule has 276 valence electrons. The molecule has 0 unspecified atom stereocenters. The fourth-order valence-corrected chi connectivity index (χ4v) is 10.5. The maximum absolute atomic E-state index is 2.45. The number of rotatable bonds is 6. The second-order valence-electron chi connectivity index (χ2n) is 15.3. The predicted octanol–water partition coefficient (Wildman–Crippen LogP) is 16.3. The number of anilines is 3. The van der Waals surface area contributed by atoms with E-state index in [4.69, 9.17) is 0 Å². The number of nitrogens with zero attached hydrogens (tertiary/aromatic N) is 2. The molecule has 2 aromatic heterocycles. The third-order valence-corrected chi connectivity index (χ3v) is 13.2. The van der Waals surface area contributed by atoms with E-state index in [9.17, 15) is 0 Å². The van der Waals surface area contributed by atoms with Gasteiger partial charge in [-0.1, -0.05) is 158 Å². The van der Waals surface area contributed by atoms with Crippen molar-refractivity contribution in [1.29, 1.82) is 0 Å². The molecular weight excluding hydrogens is 733 g/mol. The van der Waals surface area contributed by atoms with Crippen molar-refractivity contribution >= 4 is 91.9 Å². The summed E-state index contributed by atoms with van der Waals surface area (Å²) in [6, 6.07) is 79.9. The Morgan fingerprint density at radius 2 is 0.898 bits per heavy atom. The molecule has 12 aromatic rings. The Morgan fingerprint density at radius 3 is 1.69 bits per heavy atom. The van der Waals surface area contributed by atoms with Gasteiger partial charge in [0, 0.05) is 43.3 Å². The number of hydrogen-bond acceptors (Lipinski definition) is 2. The van der Waals surface area contributed by atoms with Crippen molar-refractivity contribution in [3.05, 3.63) is 218 Å². The van der Waals surface area contributed by atoms with Crippen molar-refractivity contribution in [2.75, 3.05) is 4.90 Å². The van der Waals surface area contributed by atoms with Crippen LogP contribution in [0.4, 0.5) is 17.1 Å². The first-order chi connectivity index (χ1) is 29.2. The highest BCUT2D eigenvalue weighted by Crippen LogP contribution is 2.47. The second kappa shape index (κ2) is 13.6. The van der Waals surface area contributed by atoms with Gasteiger partial charge in [0.05, 0.1) is 21.4 Å². The molecular formula is C56H36N2S. The zero-order valence-electron chi connectivity index (χ0n) is 32.1. The number of hydrogen-bond donors (Lipinski definition) is 0. The molecule has 0 bridgehead atoms. The van der Waals surface area contributed by atoms with E-state index in [1.807, 2.05) is 11.3 Å². The molecule has 0 fully saturated rings. The molecule has 59 heavy (non-hydrogen) atoms. The second-order valence-corrected chi connectivity index (χ2v) is 16.4. The molecule has 0 saturated carbocycles. The van der Waals surface area contributed by atoms with Gasteiger partial charge in [-0.15, -0.1) is 11.3 Å². The van der Waals surface area contributed by atoms with E-state index in [0.717, 1.165) is 17.1 Å². The first-order valence-electron chi connectivity index (χ1n) is 20.2. The van der Waals surface area contributed by atoms with Crippen LogP contribution < -0.4 is 4.90 Å². The number of thiophene rings is 1. The summed E-state index contributed by atoms with van der Waals surface area (Å²) in [5, 5.41) is 10.2. The van der Waals surface area contributed by atoms with Gasteiger partial charge in [-0.2, -0.15) is 0 Å². The van der Waals surface area contributed by atoms with Gasteiger partial charge in [-0.3, -0.25) is 0 Å². The van der Waals surface area contributed by atoms with Crippen molar-refractivity contribution < 1.29 is 0 Å². The lowest BCUT2D eigenvalue weighted by molar-refractivity contribution is 1.18. The molecule has 3 heteroatoms. The summed E-state index contributed by atoms with van der Waals surface area (Å²) in [7, 11) is 0. The van der Waals surface area contributed by atoms with Crippen molar-refractivity contribution in [3.8, 4) is 27.9 Å². The lowest BCUT2D eigenvalue weighted by Gasteiger charge is -2.27. The normalized spacial score (nSPS) is 11.7. The topological polar surface area (TPSA) is 8.17 Å². The Kier molecular flexibility index (Phi) is 7.75. The zero-order valence-corrected chi connectivity index (χ0v) is 32.9. The van der Waals surface area contributed by atoms with Crippen LogP contribution in [0.1, 0.15) is 0 Å². The Morgan fingerprint density at radius 1 is 0.322 bits per heavy atom. The van der Waals surface area contributed by atoms with Crippen LogP contribution in [0, 0.1) is 0 Å². The molecule has 0 radical (unpaired) electrons. The van der Waals surface area contributed by atoms with E-state index < -0.39 is 0 Å². The third-order valence-electron chi connectivity index (χ3n) is 11.9. The van der Waals surface area contributed by atoms with Gasteiger partial charge in [-0.25, -0.2) is 0 Å². The highest BCUT2D eigenvalue weighted by molar-refractivity contribution is 7.27. The predicted molar refractivity (Wildman–Crippen MR) is 254 cm³/mol. The molecule has 2 heterocycles. The van der Waals surface area contributed by atoms with E-state index in [2.05, 4.69) is 228 Å². The Bertz CT molecular complexity index is 3520. The minimum atomic E-state index is 1.11. The molecule has 10 aromatic carbocycles. The van der Waals surface area contributed by atoms with Crippen LogP contribution in [0.25, 0.3) is 91.5 Å². The lowest BCUT2D eigenvalue weighted by Crippen LogP contribution is -2.10. The van der Waals surface area contributed by atoms with E-state index in [1.165, 1.54) is 91.5 Å². The monoisotopic (exact) mass is 768 g/mol. The highest BCUT2D eigenvalue weighted by atomic mass is 32.1. The third kappa shape index (κ3) is 5.55. The van der Waals surface area contributed by atoms with E-state index in [-0.39, 0.29) is 0 Å². The van der Waals surface area contributed by atoms with Crippen molar-refractivity contribution in [3.63, 3.8) is 0 Å². The number of para-hydroxylation sites is 2. The highest BCUT2D eigenvalue weighted by Gasteiger charge is 2.20. The van der Waals surface area contributed by atoms with Gasteiger partial charge < -0.3 is 9.47 Å². The summed E-state index contributed by atoms with van der Waals surface area (Å²) in [5.74, 6) is 0. The van der Waals surface area contributed by atoms with Crippen LogP contribution in [0.15, 0.2) is 218 Å². The molecule has 0 spiro atoms. The van der Waals surface area contributed by atoms with Crippen LogP contribution in [0.3, 0.4) is 0 Å². The summed E-state index contributed by atoms with van der Waals surface area (Å²) in [6.45, 7) is 0. The summed E-state index contributed by atoms with van der Waals surface area (Å²) >= 11 is 1.90. The van der Waals surface area contributed by atoms with Gasteiger partial charge in [-0.05, 0) is 104 Å². The van der Waals surface area contributed by atoms with Gasteiger partial charge >= 0.3 is 0 Å². The number of aromatic nitrogens is 1. The van der Waals surface area contributed by atoms with Crippen LogP contribution in [0.5, 0.6) is 0 Å². The largest absolute Gasteiger partial charge is 0.309 e. The molecule has 0 atom stereocenters. The van der Waals surface area contributed by atoms with Crippen molar-refractivity contribution in [2.24, 2.45) is 0 Å². The fraction of sp³-hybridized carbons (Fsp3) is 0. The Balaban J connectivity index is 1.01. The van der Waals surface area contributed by atoms with E-state index in [1.54, 1.807) is 0 Å². The maximum Gasteiger partial charge on any atom is 0.0640 e. The number of fused-ring (bicyclic) bond motifs is 9. The molecule has 12 rings (SSSR count). The molecule has 0 aliphatic heterocycles. The number of benzene rings is 10. The maximum atomic E-state index is 2.45. The van der Waals surface area contributed by atoms with Gasteiger partial charge in [0.15, 0.2) is 0 Å². The lowest BCUT2D eigenvalue weighted by atomic mass is 10.00.